The summed E-state index contributed by atoms with van der Waals surface area (Å²) >= 11 is 1.90. The molecule has 3 heterocycles. The Labute approximate surface area is 193 Å². The summed E-state index contributed by atoms with van der Waals surface area (Å²) in [6, 6.07) is 21.4. The average molecular weight is 441 g/mol. The second-order valence-electron chi connectivity index (χ2n) is 8.91. The van der Waals surface area contributed by atoms with Gasteiger partial charge in [-0.15, -0.1) is 11.3 Å². The smallest absolute Gasteiger partial charge is 0.141 e. The maximum atomic E-state index is 5.18. The number of rotatable bonds is 5. The van der Waals surface area contributed by atoms with Gasteiger partial charge in [-0.3, -0.25) is 4.90 Å². The summed E-state index contributed by atoms with van der Waals surface area (Å²) in [7, 11) is 0. The largest absolute Gasteiger partial charge is 0.353 e. The summed E-state index contributed by atoms with van der Waals surface area (Å²) in [6.07, 6.45) is 4.44. The van der Waals surface area contributed by atoms with E-state index in [1.54, 1.807) is 0 Å². The molecule has 0 N–H and O–H groups in total. The molecule has 0 unspecified atom stereocenters. The molecule has 6 rings (SSSR count). The standard InChI is InChI=1S/C27H28N4S/c1-3-8-20(9-4-1)18-24-28-26(25-22-12-7-13-23(22)32-27(25)29-24)31-16-14-30(15-17-31)19-21-10-5-2-6-11-21/h1-6,8-11H,7,12-19H2. The molecule has 4 nitrogen and oxygen atoms in total. The summed E-state index contributed by atoms with van der Waals surface area (Å²) in [4.78, 5) is 18.0. The molecule has 2 aromatic carbocycles. The number of aryl methyl sites for hydroxylation is 2. The van der Waals surface area contributed by atoms with E-state index in [1.807, 2.05) is 11.3 Å². The molecule has 4 aromatic rings. The molecular weight excluding hydrogens is 412 g/mol. The van der Waals surface area contributed by atoms with E-state index in [0.29, 0.717) is 0 Å². The van der Waals surface area contributed by atoms with Crippen LogP contribution in [0.2, 0.25) is 0 Å². The predicted molar refractivity (Wildman–Crippen MR) is 133 cm³/mol. The Balaban J connectivity index is 1.29. The van der Waals surface area contributed by atoms with Crippen LogP contribution in [-0.2, 0) is 25.8 Å². The number of aromatic nitrogens is 2. The Kier molecular flexibility index (Phi) is 5.37. The fourth-order valence-corrected chi connectivity index (χ4v) is 6.34. The van der Waals surface area contributed by atoms with E-state index in [4.69, 9.17) is 9.97 Å². The average Bonchev–Trinajstić information content (AvgIpc) is 3.42. The van der Waals surface area contributed by atoms with Crippen LogP contribution in [0.3, 0.4) is 0 Å². The van der Waals surface area contributed by atoms with E-state index in [9.17, 15) is 0 Å². The lowest BCUT2D eigenvalue weighted by molar-refractivity contribution is 0.249. The van der Waals surface area contributed by atoms with Gasteiger partial charge in [-0.1, -0.05) is 60.7 Å². The van der Waals surface area contributed by atoms with Crippen molar-refractivity contribution in [1.82, 2.24) is 14.9 Å². The maximum Gasteiger partial charge on any atom is 0.141 e. The normalized spacial score (nSPS) is 16.6. The summed E-state index contributed by atoms with van der Waals surface area (Å²) in [5.41, 5.74) is 4.19. The third-order valence-corrected chi connectivity index (χ3v) is 7.90. The van der Waals surface area contributed by atoms with Crippen LogP contribution in [0.1, 0.15) is 33.8 Å². The molecule has 32 heavy (non-hydrogen) atoms. The van der Waals surface area contributed by atoms with Crippen molar-refractivity contribution in [2.24, 2.45) is 0 Å². The minimum Gasteiger partial charge on any atom is -0.353 e. The zero-order valence-corrected chi connectivity index (χ0v) is 19.2. The van der Waals surface area contributed by atoms with Gasteiger partial charge in [0.2, 0.25) is 0 Å². The first-order valence-electron chi connectivity index (χ1n) is 11.7. The molecule has 1 aliphatic carbocycles. The lowest BCUT2D eigenvalue weighted by atomic mass is 10.1. The summed E-state index contributed by atoms with van der Waals surface area (Å²) < 4.78 is 0. The lowest BCUT2D eigenvalue weighted by Gasteiger charge is -2.36. The molecule has 0 atom stereocenters. The van der Waals surface area contributed by atoms with E-state index in [-0.39, 0.29) is 0 Å². The van der Waals surface area contributed by atoms with Gasteiger partial charge >= 0.3 is 0 Å². The van der Waals surface area contributed by atoms with Crippen molar-refractivity contribution in [3.8, 4) is 0 Å². The van der Waals surface area contributed by atoms with Crippen LogP contribution < -0.4 is 4.90 Å². The SMILES string of the molecule is c1ccc(Cc2nc(N3CCN(Cc4ccccc4)CC3)c3c4c(sc3n2)CCC4)cc1. The molecule has 0 radical (unpaired) electrons. The van der Waals surface area contributed by atoms with Crippen LogP contribution in [0.5, 0.6) is 0 Å². The second-order valence-corrected chi connectivity index (χ2v) is 10.00. The molecule has 0 saturated carbocycles. The Morgan fingerprint density at radius 3 is 2.25 bits per heavy atom. The van der Waals surface area contributed by atoms with Gasteiger partial charge in [-0.2, -0.15) is 0 Å². The molecular formula is C27H28N4S. The highest BCUT2D eigenvalue weighted by Crippen LogP contribution is 2.41. The Morgan fingerprint density at radius 2 is 1.50 bits per heavy atom. The van der Waals surface area contributed by atoms with Gasteiger partial charge in [0.25, 0.3) is 0 Å². The lowest BCUT2D eigenvalue weighted by Crippen LogP contribution is -2.46. The Morgan fingerprint density at radius 1 is 0.781 bits per heavy atom. The van der Waals surface area contributed by atoms with Gasteiger partial charge in [-0.05, 0) is 36.0 Å². The van der Waals surface area contributed by atoms with Crippen LogP contribution in [0.4, 0.5) is 5.82 Å². The van der Waals surface area contributed by atoms with E-state index >= 15 is 0 Å². The van der Waals surface area contributed by atoms with Crippen molar-refractivity contribution in [2.45, 2.75) is 32.2 Å². The predicted octanol–water partition coefficient (Wildman–Crippen LogP) is 5.09. The first-order valence-corrected chi connectivity index (χ1v) is 12.5. The minimum absolute atomic E-state index is 0.792. The molecule has 2 aromatic heterocycles. The van der Waals surface area contributed by atoms with E-state index < -0.39 is 0 Å². The Bertz CT molecular complexity index is 1210. The summed E-state index contributed by atoms with van der Waals surface area (Å²) in [6.45, 7) is 5.21. The number of hydrogen-bond donors (Lipinski definition) is 0. The molecule has 2 aliphatic rings. The van der Waals surface area contributed by atoms with Gasteiger partial charge in [0.1, 0.15) is 16.5 Å². The number of hydrogen-bond acceptors (Lipinski definition) is 5. The fourth-order valence-electron chi connectivity index (χ4n) is 5.07. The first-order chi connectivity index (χ1) is 15.8. The molecule has 1 saturated heterocycles. The number of nitrogens with zero attached hydrogens (tertiary/aromatic N) is 4. The fraction of sp³-hybridized carbons (Fsp3) is 0.333. The maximum absolute atomic E-state index is 5.18. The number of fused-ring (bicyclic) bond motifs is 3. The van der Waals surface area contributed by atoms with E-state index in [0.717, 1.165) is 45.0 Å². The highest BCUT2D eigenvalue weighted by molar-refractivity contribution is 7.19. The molecule has 1 aliphatic heterocycles. The molecule has 5 heteroatoms. The Hall–Kier alpha value is -2.76. The number of anilines is 1. The second kappa shape index (κ2) is 8.64. The minimum atomic E-state index is 0.792. The van der Waals surface area contributed by atoms with Crippen molar-refractivity contribution >= 4 is 27.4 Å². The number of thiophene rings is 1. The first kappa shape index (κ1) is 19.9. The summed E-state index contributed by atoms with van der Waals surface area (Å²) in [5.74, 6) is 2.13. The molecule has 0 bridgehead atoms. The van der Waals surface area contributed by atoms with E-state index in [2.05, 4.69) is 70.5 Å². The van der Waals surface area contributed by atoms with Crippen molar-refractivity contribution in [3.05, 3.63) is 88.1 Å². The zero-order chi connectivity index (χ0) is 21.3. The van der Waals surface area contributed by atoms with Gasteiger partial charge in [-0.25, -0.2) is 9.97 Å². The highest BCUT2D eigenvalue weighted by Gasteiger charge is 2.27. The molecule has 1 fully saturated rings. The van der Waals surface area contributed by atoms with Gasteiger partial charge < -0.3 is 4.90 Å². The van der Waals surface area contributed by atoms with Gasteiger partial charge in [0, 0.05) is 44.0 Å². The van der Waals surface area contributed by atoms with Crippen molar-refractivity contribution < 1.29 is 0 Å². The zero-order valence-electron chi connectivity index (χ0n) is 18.3. The van der Waals surface area contributed by atoms with E-state index in [1.165, 1.54) is 56.9 Å². The monoisotopic (exact) mass is 440 g/mol. The van der Waals surface area contributed by atoms with Crippen molar-refractivity contribution in [1.29, 1.82) is 0 Å². The highest BCUT2D eigenvalue weighted by atomic mass is 32.1. The quantitative estimate of drug-likeness (QED) is 0.433. The topological polar surface area (TPSA) is 32.3 Å². The third kappa shape index (κ3) is 3.91. The number of benzene rings is 2. The molecule has 0 amide bonds. The van der Waals surface area contributed by atoms with Crippen LogP contribution in [-0.4, -0.2) is 41.0 Å². The third-order valence-electron chi connectivity index (χ3n) is 6.72. The van der Waals surface area contributed by atoms with Gasteiger partial charge in [0.15, 0.2) is 0 Å². The molecule has 162 valence electrons. The van der Waals surface area contributed by atoms with Crippen molar-refractivity contribution in [2.75, 3.05) is 31.1 Å². The number of piperazine rings is 1. The van der Waals surface area contributed by atoms with Gasteiger partial charge in [0.05, 0.1) is 5.39 Å². The van der Waals surface area contributed by atoms with Crippen LogP contribution in [0.25, 0.3) is 10.2 Å². The van der Waals surface area contributed by atoms with Crippen LogP contribution in [0.15, 0.2) is 60.7 Å². The van der Waals surface area contributed by atoms with Crippen LogP contribution in [0, 0.1) is 0 Å². The summed E-state index contributed by atoms with van der Waals surface area (Å²) in [5, 5.41) is 1.34. The molecule has 0 spiro atoms. The van der Waals surface area contributed by atoms with Crippen LogP contribution >= 0.6 is 11.3 Å². The van der Waals surface area contributed by atoms with Crippen molar-refractivity contribution in [3.63, 3.8) is 0 Å².